The van der Waals surface area contributed by atoms with Crippen molar-refractivity contribution < 1.29 is 95.8 Å². The smallest absolute Gasteiger partial charge is 0.305 e. The monoisotopic (exact) mass is 2590 g/mol. The van der Waals surface area contributed by atoms with E-state index < -0.39 is 23.3 Å². The summed E-state index contributed by atoms with van der Waals surface area (Å²) in [5, 5.41) is 58.4. The summed E-state index contributed by atoms with van der Waals surface area (Å²) in [6.07, 6.45) is 24.1. The van der Waals surface area contributed by atoms with Crippen LogP contribution in [0.25, 0.3) is 85.0 Å². The Morgan fingerprint density at radius 2 is 0.550 bits per heavy atom. The standard InChI is InChI=1S/3C16H17N4.C14H13N4.2C11H6F2N.C11H8N.C9H7N2.3CN.ClH.4Ir/c3*1-11-9-12(2)16(20-8-6-14(4)18-20)10-15(11)19-7-5-13(3)17-19;1-11-6-8-17(15-11)13-4-3-5-14(10-13)18-9-7-12(2)16-18;2*12-8-4-5-9(10(13)7-8)11-3-1-2-6-14-11;1-2-6-10(7-3-1)11-8-4-5-9-12-11;1-2-5-9(6-3-1)11-8-4-7-10-11;3*1-2;;;;;/h3*5-9H,1-4H3;3-9H,1-2H3;2*1-4,6-7H;1-6,8-9H;1-5,7-8H;;;;1H;;;;/q11*-1;;4*+3/p-1. The van der Waals surface area contributed by atoms with Gasteiger partial charge in [0.05, 0.1) is 45.6 Å². The van der Waals surface area contributed by atoms with E-state index in [0.29, 0.717) is 11.4 Å². The van der Waals surface area contributed by atoms with Crippen molar-refractivity contribution in [1.29, 1.82) is 15.8 Å². The molecule has 0 unspecified atom stereocenters. The Labute approximate surface area is 868 Å². The predicted molar refractivity (Wildman–Crippen MR) is 513 cm³/mol. The van der Waals surface area contributed by atoms with Crippen LogP contribution in [0.1, 0.15) is 78.9 Å². The molecule has 24 nitrogen and oxygen atoms in total. The Kier molecular flexibility index (Phi) is 47.2. The Morgan fingerprint density at radius 1 is 0.271 bits per heavy atom. The van der Waals surface area contributed by atoms with Gasteiger partial charge in [0, 0.05) is 104 Å². The Hall–Kier alpha value is -14.8. The van der Waals surface area contributed by atoms with Gasteiger partial charge in [0.25, 0.3) is 0 Å². The quantitative estimate of drug-likeness (QED) is 0.0812. The summed E-state index contributed by atoms with van der Waals surface area (Å²) in [6, 6.07) is 90.5. The van der Waals surface area contributed by atoms with Gasteiger partial charge in [-0.15, -0.1) is 136 Å². The van der Waals surface area contributed by atoms with E-state index in [1.807, 2.05) is 288 Å². The van der Waals surface area contributed by atoms with Crippen molar-refractivity contribution in [1.82, 2.24) is 103 Å². The number of para-hydroxylation sites is 1. The van der Waals surface area contributed by atoms with Gasteiger partial charge in [0.2, 0.25) is 0 Å². The molecule has 20 rings (SSSR count). The van der Waals surface area contributed by atoms with E-state index in [2.05, 4.69) is 179 Å². The maximum absolute atomic E-state index is 13.2. The van der Waals surface area contributed by atoms with Crippen molar-refractivity contribution in [2.24, 2.45) is 0 Å². The fraction of sp³-hybridized carbons (Fsp3) is 0.131. The minimum absolute atomic E-state index is 0. The molecule has 710 valence electrons. The fourth-order valence-corrected chi connectivity index (χ4v) is 13.1. The third kappa shape index (κ3) is 33.0. The number of pyridine rings is 3. The first-order valence-corrected chi connectivity index (χ1v) is 44.8. The first-order valence-electron chi connectivity index (χ1n) is 41.9. The summed E-state index contributed by atoms with van der Waals surface area (Å²) in [5.41, 5.74) is 26.7. The number of hydrogen-bond donors (Lipinski definition) is 0. The molecule has 0 saturated carbocycles. The van der Waals surface area contributed by atoms with E-state index in [9.17, 15) is 17.6 Å². The van der Waals surface area contributed by atoms with Crippen LogP contribution in [-0.4, -0.2) is 103 Å². The number of hydrogen-bond acceptors (Lipinski definition) is 15. The Bertz CT molecular complexity index is 6500. The molecule has 0 N–H and O–H groups in total. The van der Waals surface area contributed by atoms with Gasteiger partial charge in [0.15, 0.2) is 0 Å². The first kappa shape index (κ1) is 114. The van der Waals surface area contributed by atoms with Crippen LogP contribution < -0.4 is 0 Å². The summed E-state index contributed by atoms with van der Waals surface area (Å²) < 4.78 is 68.2. The number of aryl methyl sites for hydroxylation is 14. The molecular weight excluding hydrogens is 2500 g/mol. The number of benzene rings is 8. The summed E-state index contributed by atoms with van der Waals surface area (Å²) in [5.74, 6) is -2.57. The van der Waals surface area contributed by atoms with Crippen molar-refractivity contribution >= 4 is 9.58 Å². The van der Waals surface area contributed by atoms with E-state index in [0.717, 1.165) is 166 Å². The van der Waals surface area contributed by atoms with Gasteiger partial charge in [-0.3, -0.25) is 59.7 Å². The molecule has 140 heavy (non-hydrogen) atoms. The minimum atomic E-state index is -0.649. The first-order chi connectivity index (χ1) is 66.3. The number of halogens is 5. The zero-order chi connectivity index (χ0) is 99.0. The average Bonchev–Trinajstić information content (AvgIpc) is 1.63. The zero-order valence-corrected chi connectivity index (χ0v) is 88.6. The van der Waals surface area contributed by atoms with Crippen LogP contribution in [0.5, 0.6) is 0 Å². The predicted octanol–water partition coefficient (Wildman–Crippen LogP) is 22.6. The maximum atomic E-state index is 13.2. The van der Waals surface area contributed by atoms with E-state index in [4.69, 9.17) is 35.5 Å². The molecule has 20 aromatic rings. The molecule has 12 heterocycles. The Balaban J connectivity index is 0.000000244. The van der Waals surface area contributed by atoms with Gasteiger partial charge in [-0.25, -0.2) is 0 Å². The molecule has 0 aliphatic heterocycles. The summed E-state index contributed by atoms with van der Waals surface area (Å²) in [4.78, 5) is 12.1. The van der Waals surface area contributed by atoms with Gasteiger partial charge in [-0.05, 0) is 196 Å². The van der Waals surface area contributed by atoms with Crippen LogP contribution in [0.4, 0.5) is 17.6 Å². The molecule has 12 aromatic heterocycles. The van der Waals surface area contributed by atoms with Gasteiger partial charge < -0.3 is 50.5 Å². The third-order valence-electron chi connectivity index (χ3n) is 19.3. The molecule has 0 bridgehead atoms. The number of nitrogens with zero attached hydrogens (tertiary/aromatic N) is 24. The van der Waals surface area contributed by atoms with E-state index in [1.54, 1.807) is 65.9 Å². The zero-order valence-electron chi connectivity index (χ0n) is 78.2. The molecular formula is C107H91ClF4Ir4N24. The Morgan fingerprint density at radius 3 is 0.793 bits per heavy atom. The summed E-state index contributed by atoms with van der Waals surface area (Å²) in [6.45, 7) is 42.6. The second-order valence-electron chi connectivity index (χ2n) is 29.8. The second-order valence-corrected chi connectivity index (χ2v) is 29.8. The van der Waals surface area contributed by atoms with E-state index >= 15 is 0 Å². The number of aromatic nitrogens is 21. The molecule has 0 radical (unpaired) electrons. The van der Waals surface area contributed by atoms with E-state index in [1.165, 1.54) is 17.9 Å². The van der Waals surface area contributed by atoms with Gasteiger partial charge in [-0.2, -0.15) is 94.4 Å². The number of rotatable bonds is 12. The van der Waals surface area contributed by atoms with Crippen LogP contribution in [0.3, 0.4) is 0 Å². The van der Waals surface area contributed by atoms with Crippen molar-refractivity contribution in [2.75, 3.05) is 0 Å². The molecule has 0 saturated heterocycles. The molecule has 0 fully saturated rings. The molecule has 0 aliphatic rings. The summed E-state index contributed by atoms with van der Waals surface area (Å²) >= 11 is 1.47. The van der Waals surface area contributed by atoms with Crippen LogP contribution >= 0.6 is 9.58 Å². The van der Waals surface area contributed by atoms with Crippen molar-refractivity contribution in [3.63, 3.8) is 0 Å². The summed E-state index contributed by atoms with van der Waals surface area (Å²) in [7, 11) is 4.64. The van der Waals surface area contributed by atoms with Crippen LogP contribution in [0.2, 0.25) is 0 Å². The van der Waals surface area contributed by atoms with Crippen molar-refractivity contribution in [3.05, 3.63) is 469 Å². The molecule has 0 amide bonds. The van der Waals surface area contributed by atoms with Crippen LogP contribution in [0, 0.1) is 204 Å². The molecule has 0 aliphatic carbocycles. The van der Waals surface area contributed by atoms with Gasteiger partial charge in [-0.1, -0.05) is 101 Å². The van der Waals surface area contributed by atoms with Gasteiger partial charge in [0.1, 0.15) is 0 Å². The van der Waals surface area contributed by atoms with Crippen LogP contribution in [-0.2, 0) is 78.2 Å². The molecule has 8 aromatic carbocycles. The topological polar surface area (TPSA) is 270 Å². The molecule has 0 spiro atoms. The van der Waals surface area contributed by atoms with E-state index in [-0.39, 0.29) is 71.4 Å². The fourth-order valence-electron chi connectivity index (χ4n) is 13.1. The normalized spacial score (nSPS) is 9.81. The van der Waals surface area contributed by atoms with Gasteiger partial charge >= 0.3 is 87.8 Å². The minimum Gasteiger partial charge on any atom is -0.305 e. The van der Waals surface area contributed by atoms with Crippen LogP contribution in [0.15, 0.2) is 299 Å². The molecule has 0 atom stereocenters. The maximum Gasteiger partial charge on any atom is 3.00 e. The average molecular weight is 2590 g/mol. The largest absolute Gasteiger partial charge is 3.00 e. The van der Waals surface area contributed by atoms with Crippen molar-refractivity contribution in [3.8, 4) is 85.0 Å². The van der Waals surface area contributed by atoms with Crippen molar-refractivity contribution in [2.45, 2.75) is 96.9 Å². The SMILES string of the molecule is Cc1ccn(-c2[c-]c(-n3ccc(C)n3)c(C)cc2C)n1.Cc1ccn(-c2[c-]c(-n3ccc(C)n3)c(C)cc2C)n1.Cc1ccn(-c2[c-]c(-n3ccc(C)n3)c(C)cc2C)n1.Cc1ccn(-c2[c-]c(-n3ccc(C)n3)ccc2)n1.Fc1c[c-]c(-c2ccccn2)c(F)c1.Fc1c[c-]c(-c2ccccn2)c(F)c1.[C-]#N.[C-]#N.[C-]#N.[Cl][Ir+2].[Ir+3].[Ir+3].[Ir+3].[c-]1ccccc1-c1ccccn1.[c-]1ccccc1-n1cccn1. The molecule has 33 heteroatoms. The second kappa shape index (κ2) is 58.0. The third-order valence-corrected chi connectivity index (χ3v) is 19.3.